The fourth-order valence-corrected chi connectivity index (χ4v) is 3.14. The van der Waals surface area contributed by atoms with E-state index in [0.29, 0.717) is 24.6 Å². The number of aromatic nitrogens is 2. The molecule has 6 heteroatoms. The van der Waals surface area contributed by atoms with Crippen molar-refractivity contribution >= 4 is 17.4 Å². The Morgan fingerprint density at radius 3 is 2.62 bits per heavy atom. The van der Waals surface area contributed by atoms with Crippen molar-refractivity contribution in [1.82, 2.24) is 9.97 Å². The first-order chi connectivity index (χ1) is 14.1. The Morgan fingerprint density at radius 2 is 1.93 bits per heavy atom. The molecule has 29 heavy (non-hydrogen) atoms. The lowest BCUT2D eigenvalue weighted by atomic mass is 10.1. The summed E-state index contributed by atoms with van der Waals surface area (Å²) < 4.78 is 5.37. The number of nitrogens with one attached hydrogen (secondary N) is 1. The van der Waals surface area contributed by atoms with E-state index < -0.39 is 0 Å². The zero-order valence-electron chi connectivity index (χ0n) is 17.1. The second kappa shape index (κ2) is 9.68. The zero-order chi connectivity index (χ0) is 20.6. The molecule has 3 aromatic rings. The Labute approximate surface area is 171 Å². The molecule has 1 aromatic heterocycles. The van der Waals surface area contributed by atoms with Crippen LogP contribution in [0.5, 0.6) is 5.75 Å². The van der Waals surface area contributed by atoms with Crippen LogP contribution < -0.4 is 15.0 Å². The van der Waals surface area contributed by atoms with E-state index in [1.165, 1.54) is 6.20 Å². The molecular formula is C23H26N4O2. The smallest absolute Gasteiger partial charge is 0.278 e. The number of para-hydroxylation sites is 1. The molecule has 150 valence electrons. The third-order valence-corrected chi connectivity index (χ3v) is 4.64. The van der Waals surface area contributed by atoms with E-state index in [-0.39, 0.29) is 5.91 Å². The largest absolute Gasteiger partial charge is 0.496 e. The third-order valence-electron chi connectivity index (χ3n) is 4.64. The lowest BCUT2D eigenvalue weighted by molar-refractivity contribution is 0.0983. The maximum Gasteiger partial charge on any atom is 0.278 e. The molecule has 1 amide bonds. The first-order valence-corrected chi connectivity index (χ1v) is 9.68. The summed E-state index contributed by atoms with van der Waals surface area (Å²) in [7, 11) is 1.67. The maximum atomic E-state index is 12.9. The Kier molecular flexibility index (Phi) is 6.79. The second-order valence-electron chi connectivity index (χ2n) is 6.66. The number of hydrogen-bond donors (Lipinski definition) is 1. The van der Waals surface area contributed by atoms with Crippen LogP contribution in [0.4, 0.5) is 11.5 Å². The van der Waals surface area contributed by atoms with Crippen LogP contribution in [0, 0.1) is 6.92 Å². The maximum absolute atomic E-state index is 12.9. The van der Waals surface area contributed by atoms with Crippen molar-refractivity contribution in [3.8, 4) is 5.75 Å². The van der Waals surface area contributed by atoms with Crippen molar-refractivity contribution in [1.29, 1.82) is 0 Å². The lowest BCUT2D eigenvalue weighted by Gasteiger charge is -2.21. The number of carbonyl (C=O) groups excluding carboxylic acids is 1. The van der Waals surface area contributed by atoms with Gasteiger partial charge in [0.05, 0.1) is 19.5 Å². The number of hydrogen-bond acceptors (Lipinski definition) is 5. The fourth-order valence-electron chi connectivity index (χ4n) is 3.14. The normalized spacial score (nSPS) is 10.4. The summed E-state index contributed by atoms with van der Waals surface area (Å²) in [6.45, 7) is 5.20. The van der Waals surface area contributed by atoms with Gasteiger partial charge in [0.15, 0.2) is 0 Å². The molecule has 6 nitrogen and oxygen atoms in total. The summed E-state index contributed by atoms with van der Waals surface area (Å²) in [5.41, 5.74) is 3.41. The third kappa shape index (κ3) is 5.10. The van der Waals surface area contributed by atoms with Gasteiger partial charge in [0.2, 0.25) is 0 Å². The standard InChI is InChI=1S/C23H26N4O2/c1-4-27(19-10-7-8-17(2)14-19)23(28)20-15-26-22(16-25-20)24-13-12-18-9-5-6-11-21(18)29-3/h5-11,14-16H,4,12-13H2,1-3H3,(H,24,26). The Balaban J connectivity index is 1.62. The van der Waals surface area contributed by atoms with E-state index in [0.717, 1.165) is 29.0 Å². The number of carbonyl (C=O) groups is 1. The molecule has 0 saturated heterocycles. The van der Waals surface area contributed by atoms with Crippen molar-refractivity contribution in [2.24, 2.45) is 0 Å². The number of rotatable bonds is 8. The second-order valence-corrected chi connectivity index (χ2v) is 6.66. The van der Waals surface area contributed by atoms with Gasteiger partial charge in [-0.05, 0) is 49.6 Å². The Morgan fingerprint density at radius 1 is 1.10 bits per heavy atom. The van der Waals surface area contributed by atoms with Gasteiger partial charge < -0.3 is 15.0 Å². The number of ether oxygens (including phenoxy) is 1. The van der Waals surface area contributed by atoms with E-state index in [1.54, 1.807) is 18.2 Å². The van der Waals surface area contributed by atoms with Gasteiger partial charge in [-0.1, -0.05) is 30.3 Å². The molecule has 2 aromatic carbocycles. The van der Waals surface area contributed by atoms with Crippen molar-refractivity contribution < 1.29 is 9.53 Å². The van der Waals surface area contributed by atoms with Crippen molar-refractivity contribution in [3.05, 3.63) is 77.7 Å². The van der Waals surface area contributed by atoms with Gasteiger partial charge in [-0.25, -0.2) is 9.97 Å². The molecule has 0 bridgehead atoms. The summed E-state index contributed by atoms with van der Waals surface area (Å²) in [4.78, 5) is 23.2. The molecule has 0 aliphatic heterocycles. The van der Waals surface area contributed by atoms with E-state index in [1.807, 2.05) is 62.4 Å². The molecule has 1 heterocycles. The van der Waals surface area contributed by atoms with E-state index >= 15 is 0 Å². The molecule has 0 aliphatic rings. The average Bonchev–Trinajstić information content (AvgIpc) is 2.75. The molecule has 0 aliphatic carbocycles. The van der Waals surface area contributed by atoms with Crippen LogP contribution in [0.2, 0.25) is 0 Å². The molecule has 0 spiro atoms. The van der Waals surface area contributed by atoms with Crippen molar-refractivity contribution in [3.63, 3.8) is 0 Å². The molecule has 0 unspecified atom stereocenters. The number of methoxy groups -OCH3 is 1. The van der Waals surface area contributed by atoms with Gasteiger partial charge in [-0.2, -0.15) is 0 Å². The van der Waals surface area contributed by atoms with Gasteiger partial charge in [0.25, 0.3) is 5.91 Å². The lowest BCUT2D eigenvalue weighted by Crippen LogP contribution is -2.31. The average molecular weight is 390 g/mol. The van der Waals surface area contributed by atoms with Crippen LogP contribution in [0.25, 0.3) is 0 Å². The first kappa shape index (κ1) is 20.3. The molecule has 0 fully saturated rings. The molecule has 0 radical (unpaired) electrons. The topological polar surface area (TPSA) is 67.4 Å². The van der Waals surface area contributed by atoms with Gasteiger partial charge in [-0.3, -0.25) is 4.79 Å². The van der Waals surface area contributed by atoms with E-state index in [2.05, 4.69) is 15.3 Å². The molecule has 0 saturated carbocycles. The zero-order valence-corrected chi connectivity index (χ0v) is 17.1. The quantitative estimate of drug-likeness (QED) is 0.627. The number of nitrogens with zero attached hydrogens (tertiary/aromatic N) is 3. The highest BCUT2D eigenvalue weighted by atomic mass is 16.5. The first-order valence-electron chi connectivity index (χ1n) is 9.68. The van der Waals surface area contributed by atoms with Crippen LogP contribution in [-0.4, -0.2) is 36.1 Å². The van der Waals surface area contributed by atoms with Gasteiger partial charge >= 0.3 is 0 Å². The molecule has 0 atom stereocenters. The van der Waals surface area contributed by atoms with Crippen LogP contribution in [0.1, 0.15) is 28.5 Å². The van der Waals surface area contributed by atoms with Gasteiger partial charge in [0.1, 0.15) is 17.3 Å². The monoisotopic (exact) mass is 390 g/mol. The summed E-state index contributed by atoms with van der Waals surface area (Å²) in [6, 6.07) is 15.8. The molecule has 3 rings (SSSR count). The SMILES string of the molecule is CCN(C(=O)c1cnc(NCCc2ccccc2OC)cn1)c1cccc(C)c1. The minimum atomic E-state index is -0.161. The van der Waals surface area contributed by atoms with Gasteiger partial charge in [0, 0.05) is 18.8 Å². The number of anilines is 2. The van der Waals surface area contributed by atoms with Crippen LogP contribution in [-0.2, 0) is 6.42 Å². The van der Waals surface area contributed by atoms with Crippen molar-refractivity contribution in [2.75, 3.05) is 30.4 Å². The Hall–Kier alpha value is -3.41. The summed E-state index contributed by atoms with van der Waals surface area (Å²) in [6.07, 6.45) is 3.91. The van der Waals surface area contributed by atoms with E-state index in [9.17, 15) is 4.79 Å². The summed E-state index contributed by atoms with van der Waals surface area (Å²) >= 11 is 0. The number of amides is 1. The highest BCUT2D eigenvalue weighted by Crippen LogP contribution is 2.19. The summed E-state index contributed by atoms with van der Waals surface area (Å²) in [5.74, 6) is 1.35. The van der Waals surface area contributed by atoms with Crippen molar-refractivity contribution in [2.45, 2.75) is 20.3 Å². The minimum Gasteiger partial charge on any atom is -0.496 e. The van der Waals surface area contributed by atoms with Crippen LogP contribution >= 0.6 is 0 Å². The van der Waals surface area contributed by atoms with Gasteiger partial charge in [-0.15, -0.1) is 0 Å². The number of aryl methyl sites for hydroxylation is 1. The molecule has 1 N–H and O–H groups in total. The van der Waals surface area contributed by atoms with E-state index in [4.69, 9.17) is 4.74 Å². The van der Waals surface area contributed by atoms with Crippen LogP contribution in [0.15, 0.2) is 60.9 Å². The predicted molar refractivity (Wildman–Crippen MR) is 116 cm³/mol. The number of benzene rings is 2. The minimum absolute atomic E-state index is 0.161. The highest BCUT2D eigenvalue weighted by Gasteiger charge is 2.18. The predicted octanol–water partition coefficient (Wildman–Crippen LogP) is 4.11. The highest BCUT2D eigenvalue weighted by molar-refractivity contribution is 6.04. The molecular weight excluding hydrogens is 364 g/mol. The van der Waals surface area contributed by atoms with Crippen LogP contribution in [0.3, 0.4) is 0 Å². The Bertz CT molecular complexity index is 957. The summed E-state index contributed by atoms with van der Waals surface area (Å²) in [5, 5.41) is 3.24. The fraction of sp³-hybridized carbons (Fsp3) is 0.261.